The van der Waals surface area contributed by atoms with Crippen LogP contribution in [0.1, 0.15) is 0 Å². The van der Waals surface area contributed by atoms with E-state index in [0.29, 0.717) is 5.95 Å². The molecule has 5 nitrogen and oxygen atoms in total. The minimum absolute atomic E-state index is 0.0554. The van der Waals surface area contributed by atoms with E-state index in [1.54, 1.807) is 0 Å². The van der Waals surface area contributed by atoms with Crippen LogP contribution in [-0.2, 0) is 0 Å². The van der Waals surface area contributed by atoms with Gasteiger partial charge in [-0.15, -0.1) is 0 Å². The summed E-state index contributed by atoms with van der Waals surface area (Å²) in [5.74, 6) is 0.314. The molecule has 7 heteroatoms. The first-order valence-corrected chi connectivity index (χ1v) is 5.92. The fourth-order valence-corrected chi connectivity index (χ4v) is 1.84. The Bertz CT molecular complexity index is 539. The van der Waals surface area contributed by atoms with E-state index < -0.39 is 0 Å². The van der Waals surface area contributed by atoms with E-state index in [0.717, 1.165) is 11.4 Å². The van der Waals surface area contributed by atoms with Gasteiger partial charge in [-0.25, -0.2) is 0 Å². The van der Waals surface area contributed by atoms with Crippen LogP contribution in [0.25, 0.3) is 0 Å². The summed E-state index contributed by atoms with van der Waals surface area (Å²) in [7, 11) is 3.90. The highest BCUT2D eigenvalue weighted by Crippen LogP contribution is 2.26. The Kier molecular flexibility index (Phi) is 3.84. The second-order valence-corrected chi connectivity index (χ2v) is 4.41. The van der Waals surface area contributed by atoms with Gasteiger partial charge in [0.2, 0.25) is 16.5 Å². The van der Waals surface area contributed by atoms with Crippen molar-refractivity contribution in [3.8, 4) is 0 Å². The van der Waals surface area contributed by atoms with E-state index in [2.05, 4.69) is 20.3 Å². The third-order valence-electron chi connectivity index (χ3n) is 2.21. The van der Waals surface area contributed by atoms with Gasteiger partial charge in [0.25, 0.3) is 0 Å². The van der Waals surface area contributed by atoms with Crippen LogP contribution >= 0.6 is 23.2 Å². The van der Waals surface area contributed by atoms with Crippen molar-refractivity contribution in [2.75, 3.05) is 24.3 Å². The van der Waals surface area contributed by atoms with Crippen molar-refractivity contribution in [2.24, 2.45) is 0 Å². The molecule has 0 amide bonds. The maximum Gasteiger partial charge on any atom is 0.232 e. The summed E-state index contributed by atoms with van der Waals surface area (Å²) in [4.78, 5) is 13.6. The van der Waals surface area contributed by atoms with Crippen molar-refractivity contribution in [3.05, 3.63) is 34.8 Å². The van der Waals surface area contributed by atoms with E-state index in [1.807, 2.05) is 43.3 Å². The second kappa shape index (κ2) is 5.37. The van der Waals surface area contributed by atoms with Gasteiger partial charge in [-0.05, 0) is 35.3 Å². The molecule has 2 rings (SSSR count). The van der Waals surface area contributed by atoms with Crippen LogP contribution in [0.2, 0.25) is 10.6 Å². The first-order chi connectivity index (χ1) is 8.56. The zero-order chi connectivity index (χ0) is 13.1. The number of benzene rings is 1. The smallest absolute Gasteiger partial charge is 0.232 e. The van der Waals surface area contributed by atoms with Gasteiger partial charge in [-0.2, -0.15) is 15.0 Å². The maximum atomic E-state index is 5.72. The molecule has 0 aliphatic heterocycles. The van der Waals surface area contributed by atoms with Gasteiger partial charge >= 0.3 is 0 Å². The first kappa shape index (κ1) is 12.9. The minimum Gasteiger partial charge on any atom is -0.376 e. The molecular weight excluding hydrogens is 273 g/mol. The molecule has 0 aliphatic rings. The van der Waals surface area contributed by atoms with Gasteiger partial charge in [0.15, 0.2) is 0 Å². The highest BCUT2D eigenvalue weighted by Gasteiger charge is 2.07. The molecule has 2 aromatic rings. The van der Waals surface area contributed by atoms with E-state index in [1.165, 1.54) is 0 Å². The van der Waals surface area contributed by atoms with Crippen LogP contribution in [0.15, 0.2) is 24.3 Å². The Morgan fingerprint density at radius 2 is 1.61 bits per heavy atom. The summed E-state index contributed by atoms with van der Waals surface area (Å²) < 4.78 is 0. The summed E-state index contributed by atoms with van der Waals surface area (Å²) in [5.41, 5.74) is 1.87. The molecule has 0 spiro atoms. The van der Waals surface area contributed by atoms with E-state index >= 15 is 0 Å². The lowest BCUT2D eigenvalue weighted by Crippen LogP contribution is -2.11. The van der Waals surface area contributed by atoms with Crippen LogP contribution in [0.4, 0.5) is 17.3 Å². The molecule has 0 radical (unpaired) electrons. The van der Waals surface area contributed by atoms with Gasteiger partial charge in [0.05, 0.1) is 11.4 Å². The average Bonchev–Trinajstić information content (AvgIpc) is 2.27. The first-order valence-electron chi connectivity index (χ1n) is 5.16. The number of hydrogen-bond donors (Lipinski definition) is 1. The van der Waals surface area contributed by atoms with Crippen LogP contribution < -0.4 is 10.2 Å². The number of hydrogen-bond acceptors (Lipinski definition) is 5. The van der Waals surface area contributed by atoms with Crippen molar-refractivity contribution in [1.82, 2.24) is 15.0 Å². The highest BCUT2D eigenvalue weighted by molar-refractivity contribution is 6.31. The SMILES string of the molecule is CN(C)c1ccccc1Nc1nc(Cl)nc(Cl)n1. The molecule has 18 heavy (non-hydrogen) atoms. The molecule has 94 valence electrons. The Balaban J connectivity index is 2.34. The number of para-hydroxylation sites is 2. The van der Waals surface area contributed by atoms with Crippen LogP contribution in [-0.4, -0.2) is 29.0 Å². The Hall–Kier alpha value is -1.59. The zero-order valence-corrected chi connectivity index (χ0v) is 11.4. The second-order valence-electron chi connectivity index (χ2n) is 3.73. The summed E-state index contributed by atoms with van der Waals surface area (Å²) in [6, 6.07) is 7.77. The standard InChI is InChI=1S/C11H11Cl2N5/c1-18(2)8-6-4-3-5-7(8)14-11-16-9(12)15-10(13)17-11/h3-6H,1-2H3,(H,14,15,16,17). The number of aromatic nitrogens is 3. The molecule has 1 heterocycles. The van der Waals surface area contributed by atoms with Crippen LogP contribution in [0.3, 0.4) is 0 Å². The molecule has 1 aromatic carbocycles. The summed E-state index contributed by atoms with van der Waals surface area (Å²) >= 11 is 11.4. The summed E-state index contributed by atoms with van der Waals surface area (Å²) in [6.07, 6.45) is 0. The van der Waals surface area contributed by atoms with Gasteiger partial charge in [0.1, 0.15) is 0 Å². The Morgan fingerprint density at radius 1 is 1.00 bits per heavy atom. The van der Waals surface area contributed by atoms with E-state index in [-0.39, 0.29) is 10.6 Å². The maximum absolute atomic E-state index is 5.72. The largest absolute Gasteiger partial charge is 0.376 e. The molecule has 0 fully saturated rings. The molecule has 0 atom stereocenters. The van der Waals surface area contributed by atoms with Gasteiger partial charge in [-0.1, -0.05) is 12.1 Å². The lowest BCUT2D eigenvalue weighted by molar-refractivity contribution is 1.05. The molecule has 1 N–H and O–H groups in total. The number of halogens is 2. The lowest BCUT2D eigenvalue weighted by Gasteiger charge is -2.17. The van der Waals surface area contributed by atoms with Crippen molar-refractivity contribution in [1.29, 1.82) is 0 Å². The van der Waals surface area contributed by atoms with Crippen molar-refractivity contribution < 1.29 is 0 Å². The highest BCUT2D eigenvalue weighted by atomic mass is 35.5. The molecule has 0 bridgehead atoms. The van der Waals surface area contributed by atoms with Crippen molar-refractivity contribution >= 4 is 40.5 Å². The molecular formula is C11H11Cl2N5. The number of nitrogens with one attached hydrogen (secondary N) is 1. The molecule has 0 aliphatic carbocycles. The molecule has 0 saturated carbocycles. The fraction of sp³-hybridized carbons (Fsp3) is 0.182. The van der Waals surface area contributed by atoms with Gasteiger partial charge < -0.3 is 10.2 Å². The topological polar surface area (TPSA) is 53.9 Å². The minimum atomic E-state index is 0.0554. The van der Waals surface area contributed by atoms with Gasteiger partial charge in [-0.3, -0.25) is 0 Å². The van der Waals surface area contributed by atoms with Crippen LogP contribution in [0.5, 0.6) is 0 Å². The fourth-order valence-electron chi connectivity index (χ4n) is 1.47. The third-order valence-corrected chi connectivity index (χ3v) is 2.55. The summed E-state index contributed by atoms with van der Waals surface area (Å²) in [6.45, 7) is 0. The number of nitrogens with zero attached hydrogens (tertiary/aromatic N) is 4. The van der Waals surface area contributed by atoms with Crippen molar-refractivity contribution in [2.45, 2.75) is 0 Å². The lowest BCUT2D eigenvalue weighted by atomic mass is 10.2. The normalized spacial score (nSPS) is 10.2. The quantitative estimate of drug-likeness (QED) is 0.939. The monoisotopic (exact) mass is 283 g/mol. The summed E-state index contributed by atoms with van der Waals surface area (Å²) in [5, 5.41) is 3.17. The van der Waals surface area contributed by atoms with E-state index in [9.17, 15) is 0 Å². The van der Waals surface area contributed by atoms with E-state index in [4.69, 9.17) is 23.2 Å². The van der Waals surface area contributed by atoms with Crippen LogP contribution in [0, 0.1) is 0 Å². The predicted molar refractivity (Wildman–Crippen MR) is 73.9 cm³/mol. The average molecular weight is 284 g/mol. The van der Waals surface area contributed by atoms with Crippen molar-refractivity contribution in [3.63, 3.8) is 0 Å². The number of rotatable bonds is 3. The van der Waals surface area contributed by atoms with Gasteiger partial charge in [0, 0.05) is 14.1 Å². The third kappa shape index (κ3) is 3.00. The molecule has 0 saturated heterocycles. The molecule has 1 aromatic heterocycles. The Labute approximate surface area is 115 Å². The Morgan fingerprint density at radius 3 is 2.22 bits per heavy atom. The zero-order valence-electron chi connectivity index (χ0n) is 9.85. The predicted octanol–water partition coefficient (Wildman–Crippen LogP) is 2.99. The number of anilines is 3. The molecule has 0 unspecified atom stereocenters.